The van der Waals surface area contributed by atoms with Gasteiger partial charge in [-0.15, -0.1) is 0 Å². The predicted octanol–water partition coefficient (Wildman–Crippen LogP) is 1.74. The Bertz CT molecular complexity index is 346. The number of likely N-dealkylation sites (tertiary alicyclic amines) is 1. The molecule has 19 heavy (non-hydrogen) atoms. The fourth-order valence-electron chi connectivity index (χ4n) is 3.22. The lowest BCUT2D eigenvalue weighted by Crippen LogP contribution is -2.36. The van der Waals surface area contributed by atoms with Gasteiger partial charge in [0, 0.05) is 13.2 Å². The predicted molar refractivity (Wildman–Crippen MR) is 72.2 cm³/mol. The average Bonchev–Trinajstić information content (AvgIpc) is 2.65. The van der Waals surface area contributed by atoms with Crippen LogP contribution in [0.25, 0.3) is 0 Å². The van der Waals surface area contributed by atoms with Crippen LogP contribution in [0.4, 0.5) is 0 Å². The summed E-state index contributed by atoms with van der Waals surface area (Å²) in [6.07, 6.45) is 8.04. The number of allylic oxidation sites excluding steroid dienone is 2. The molecule has 1 fully saturated rings. The van der Waals surface area contributed by atoms with E-state index in [9.17, 15) is 9.59 Å². The molecule has 2 aliphatic rings. The van der Waals surface area contributed by atoms with Gasteiger partial charge in [-0.05, 0) is 31.6 Å². The maximum absolute atomic E-state index is 12.3. The lowest BCUT2D eigenvalue weighted by atomic mass is 9.85. The van der Waals surface area contributed by atoms with E-state index in [4.69, 9.17) is 5.11 Å². The summed E-state index contributed by atoms with van der Waals surface area (Å²) in [4.78, 5) is 26.1. The minimum atomic E-state index is -0.131. The van der Waals surface area contributed by atoms with Gasteiger partial charge in [-0.25, -0.2) is 0 Å². The zero-order chi connectivity index (χ0) is 13.8. The van der Waals surface area contributed by atoms with Crippen LogP contribution in [-0.4, -0.2) is 35.0 Å². The molecule has 2 rings (SSSR count). The first-order valence-electron chi connectivity index (χ1n) is 7.30. The van der Waals surface area contributed by atoms with Crippen molar-refractivity contribution in [2.45, 2.75) is 39.0 Å². The summed E-state index contributed by atoms with van der Waals surface area (Å²) in [6.45, 7) is 2.69. The molecule has 1 N–H and O–H groups in total. The van der Waals surface area contributed by atoms with Gasteiger partial charge in [0.15, 0.2) is 0 Å². The Hall–Kier alpha value is -1.16. The standard InChI is InChI=1S/C15H23NO3/c1-2-5-11(8-9-17)10-16-14(18)12-6-3-4-7-13(12)15(16)19/h3-4,11-13,17H,2,5-10H2,1H3/t11?,12-,13+. The molecule has 1 unspecified atom stereocenters. The van der Waals surface area contributed by atoms with Gasteiger partial charge in [-0.2, -0.15) is 0 Å². The van der Waals surface area contributed by atoms with Crippen molar-refractivity contribution in [3.8, 4) is 0 Å². The van der Waals surface area contributed by atoms with E-state index in [0.29, 0.717) is 25.8 Å². The number of hydrogen-bond donors (Lipinski definition) is 1. The van der Waals surface area contributed by atoms with Crippen LogP contribution in [0.5, 0.6) is 0 Å². The number of rotatable bonds is 6. The summed E-state index contributed by atoms with van der Waals surface area (Å²) in [6, 6.07) is 0. The van der Waals surface area contributed by atoms with E-state index in [1.807, 2.05) is 12.2 Å². The third-order valence-electron chi connectivity index (χ3n) is 4.27. The van der Waals surface area contributed by atoms with Gasteiger partial charge < -0.3 is 5.11 Å². The maximum atomic E-state index is 12.3. The highest BCUT2D eigenvalue weighted by Gasteiger charge is 2.47. The number of carbonyl (C=O) groups is 2. The van der Waals surface area contributed by atoms with E-state index < -0.39 is 0 Å². The molecule has 2 amide bonds. The number of amides is 2. The van der Waals surface area contributed by atoms with Crippen LogP contribution in [0, 0.1) is 17.8 Å². The smallest absolute Gasteiger partial charge is 0.233 e. The average molecular weight is 265 g/mol. The summed E-state index contributed by atoms with van der Waals surface area (Å²) >= 11 is 0. The second-order valence-electron chi connectivity index (χ2n) is 5.61. The van der Waals surface area contributed by atoms with E-state index >= 15 is 0 Å². The van der Waals surface area contributed by atoms with Gasteiger partial charge in [0.2, 0.25) is 11.8 Å². The lowest BCUT2D eigenvalue weighted by molar-refractivity contribution is -0.140. The van der Waals surface area contributed by atoms with Gasteiger partial charge in [0.25, 0.3) is 0 Å². The highest BCUT2D eigenvalue weighted by molar-refractivity contribution is 6.05. The van der Waals surface area contributed by atoms with Crippen molar-refractivity contribution in [1.82, 2.24) is 4.90 Å². The van der Waals surface area contributed by atoms with E-state index in [-0.39, 0.29) is 36.2 Å². The molecule has 0 saturated carbocycles. The molecule has 1 heterocycles. The Balaban J connectivity index is 2.04. The summed E-state index contributed by atoms with van der Waals surface area (Å²) in [5.74, 6) is -0.0318. The topological polar surface area (TPSA) is 57.6 Å². The Morgan fingerprint density at radius 2 is 1.79 bits per heavy atom. The van der Waals surface area contributed by atoms with E-state index in [1.165, 1.54) is 4.90 Å². The molecule has 1 aliphatic heterocycles. The van der Waals surface area contributed by atoms with Crippen molar-refractivity contribution in [3.63, 3.8) is 0 Å². The number of aliphatic hydroxyl groups excluding tert-OH is 1. The molecule has 0 spiro atoms. The molecule has 0 radical (unpaired) electrons. The van der Waals surface area contributed by atoms with Crippen LogP contribution in [-0.2, 0) is 9.59 Å². The Morgan fingerprint density at radius 1 is 1.21 bits per heavy atom. The lowest BCUT2D eigenvalue weighted by Gasteiger charge is -2.22. The highest BCUT2D eigenvalue weighted by Crippen LogP contribution is 2.35. The molecule has 4 heteroatoms. The van der Waals surface area contributed by atoms with Crippen molar-refractivity contribution in [3.05, 3.63) is 12.2 Å². The monoisotopic (exact) mass is 265 g/mol. The zero-order valence-corrected chi connectivity index (χ0v) is 11.5. The van der Waals surface area contributed by atoms with Crippen LogP contribution < -0.4 is 0 Å². The molecular formula is C15H23NO3. The number of hydrogen-bond acceptors (Lipinski definition) is 3. The molecule has 106 valence electrons. The first-order valence-corrected chi connectivity index (χ1v) is 7.30. The quantitative estimate of drug-likeness (QED) is 0.588. The molecule has 0 bridgehead atoms. The van der Waals surface area contributed by atoms with Gasteiger partial charge in [-0.3, -0.25) is 14.5 Å². The Labute approximate surface area is 114 Å². The summed E-state index contributed by atoms with van der Waals surface area (Å²) in [5, 5.41) is 9.08. The highest BCUT2D eigenvalue weighted by atomic mass is 16.3. The van der Waals surface area contributed by atoms with E-state index in [2.05, 4.69) is 6.92 Å². The number of imide groups is 1. The third-order valence-corrected chi connectivity index (χ3v) is 4.27. The largest absolute Gasteiger partial charge is 0.396 e. The Kier molecular flexibility index (Phi) is 4.75. The van der Waals surface area contributed by atoms with Crippen LogP contribution in [0.3, 0.4) is 0 Å². The van der Waals surface area contributed by atoms with Gasteiger partial charge in [0.1, 0.15) is 0 Å². The molecule has 3 atom stereocenters. The van der Waals surface area contributed by atoms with Crippen LogP contribution in [0.15, 0.2) is 12.2 Å². The summed E-state index contributed by atoms with van der Waals surface area (Å²) in [7, 11) is 0. The first-order chi connectivity index (χ1) is 9.19. The number of fused-ring (bicyclic) bond motifs is 1. The van der Waals surface area contributed by atoms with Crippen molar-refractivity contribution in [1.29, 1.82) is 0 Å². The zero-order valence-electron chi connectivity index (χ0n) is 11.5. The summed E-state index contributed by atoms with van der Waals surface area (Å²) in [5.41, 5.74) is 0. The third kappa shape index (κ3) is 2.89. The maximum Gasteiger partial charge on any atom is 0.233 e. The van der Waals surface area contributed by atoms with Gasteiger partial charge in [0.05, 0.1) is 11.8 Å². The molecular weight excluding hydrogens is 242 g/mol. The number of carbonyl (C=O) groups excluding carboxylic acids is 2. The van der Waals surface area contributed by atoms with Gasteiger partial charge >= 0.3 is 0 Å². The number of nitrogens with zero attached hydrogens (tertiary/aromatic N) is 1. The molecule has 0 aromatic heterocycles. The minimum absolute atomic E-state index is 0.00149. The normalized spacial score (nSPS) is 27.8. The van der Waals surface area contributed by atoms with Gasteiger partial charge in [-0.1, -0.05) is 25.5 Å². The molecule has 0 aromatic carbocycles. The van der Waals surface area contributed by atoms with E-state index in [1.54, 1.807) is 0 Å². The SMILES string of the molecule is CCCC(CCO)CN1C(=O)[C@H]2CC=CC[C@H]2C1=O. The fourth-order valence-corrected chi connectivity index (χ4v) is 3.22. The second-order valence-corrected chi connectivity index (χ2v) is 5.61. The van der Waals surface area contributed by atoms with Crippen LogP contribution >= 0.6 is 0 Å². The number of aliphatic hydroxyl groups is 1. The minimum Gasteiger partial charge on any atom is -0.396 e. The first kappa shape index (κ1) is 14.3. The summed E-state index contributed by atoms with van der Waals surface area (Å²) < 4.78 is 0. The van der Waals surface area contributed by atoms with Crippen molar-refractivity contribution in [2.75, 3.05) is 13.2 Å². The van der Waals surface area contributed by atoms with Crippen LogP contribution in [0.1, 0.15) is 39.0 Å². The van der Waals surface area contributed by atoms with Crippen molar-refractivity contribution in [2.24, 2.45) is 17.8 Å². The fraction of sp³-hybridized carbons (Fsp3) is 0.733. The Morgan fingerprint density at radius 3 is 2.26 bits per heavy atom. The van der Waals surface area contributed by atoms with Crippen molar-refractivity contribution < 1.29 is 14.7 Å². The second kappa shape index (κ2) is 6.33. The molecule has 4 nitrogen and oxygen atoms in total. The molecule has 1 aliphatic carbocycles. The van der Waals surface area contributed by atoms with E-state index in [0.717, 1.165) is 12.8 Å². The molecule has 0 aromatic rings. The van der Waals surface area contributed by atoms with Crippen LogP contribution in [0.2, 0.25) is 0 Å². The molecule has 1 saturated heterocycles. The van der Waals surface area contributed by atoms with Crippen molar-refractivity contribution >= 4 is 11.8 Å².